The highest BCUT2D eigenvalue weighted by atomic mass is 28.4. The summed E-state index contributed by atoms with van der Waals surface area (Å²) < 4.78 is 17.7. The highest BCUT2D eigenvalue weighted by Crippen LogP contribution is 2.42. The fraction of sp³-hybridized carbons (Fsp3) is 0.950. The lowest BCUT2D eigenvalue weighted by Gasteiger charge is -2.41. The first-order valence-corrected chi connectivity index (χ1v) is 15.3. The summed E-state index contributed by atoms with van der Waals surface area (Å²) in [5, 5.41) is 3.25. The molecule has 0 radical (unpaired) electrons. The minimum atomic E-state index is -2.13. The van der Waals surface area contributed by atoms with Gasteiger partial charge in [0, 0.05) is 13.7 Å². The van der Waals surface area contributed by atoms with Crippen molar-refractivity contribution >= 4 is 22.8 Å². The Hall–Kier alpha value is -0.216. The summed E-state index contributed by atoms with van der Waals surface area (Å²) in [6.07, 6.45) is 3.07. The fourth-order valence-electron chi connectivity index (χ4n) is 4.02. The van der Waals surface area contributed by atoms with Crippen LogP contribution in [0.5, 0.6) is 0 Å². The molecule has 0 amide bonds. The van der Waals surface area contributed by atoms with Gasteiger partial charge in [0.1, 0.15) is 0 Å². The van der Waals surface area contributed by atoms with Gasteiger partial charge in [0.2, 0.25) is 0 Å². The lowest BCUT2D eigenvalue weighted by Crippen LogP contribution is -2.50. The summed E-state index contributed by atoms with van der Waals surface area (Å²) in [4.78, 5) is 12.4. The first-order valence-electron chi connectivity index (χ1n) is 10.7. The molecule has 0 fully saturated rings. The molecule has 1 atom stereocenters. The third-order valence-electron chi connectivity index (χ3n) is 5.54. The van der Waals surface area contributed by atoms with Gasteiger partial charge in [-0.1, -0.05) is 54.9 Å². The lowest BCUT2D eigenvalue weighted by molar-refractivity contribution is -0.134. The van der Waals surface area contributed by atoms with Crippen LogP contribution in [-0.2, 0) is 18.1 Å². The van der Waals surface area contributed by atoms with E-state index in [1.807, 2.05) is 0 Å². The fourth-order valence-corrected chi connectivity index (χ4v) is 11.2. The van der Waals surface area contributed by atoms with Crippen LogP contribution in [0.15, 0.2) is 0 Å². The normalized spacial score (nSPS) is 14.8. The zero-order valence-electron chi connectivity index (χ0n) is 19.3. The second-order valence-electron chi connectivity index (χ2n) is 8.61. The van der Waals surface area contributed by atoms with Crippen LogP contribution in [0.4, 0.5) is 0 Å². The Morgan fingerprint density at radius 1 is 1.00 bits per heavy atom. The summed E-state index contributed by atoms with van der Waals surface area (Å²) in [6, 6.07) is 0.986. The van der Waals surface area contributed by atoms with Crippen LogP contribution in [0.25, 0.3) is 0 Å². The maximum Gasteiger partial charge on any atom is 0.334 e. The smallest absolute Gasteiger partial charge is 0.334 e. The zero-order chi connectivity index (χ0) is 21.1. The summed E-state index contributed by atoms with van der Waals surface area (Å²) in [5.41, 5.74) is 1.25. The predicted octanol–water partition coefficient (Wildman–Crippen LogP) is 5.22. The van der Waals surface area contributed by atoms with Gasteiger partial charge in [-0.2, -0.15) is 0 Å². The molecule has 7 heteroatoms. The van der Waals surface area contributed by atoms with E-state index >= 15 is 0 Å². The molecule has 0 aliphatic rings. The monoisotopic (exact) mass is 419 g/mol. The lowest BCUT2D eigenvalue weighted by atomic mass is 10.3. The molecule has 162 valence electrons. The minimum absolute atomic E-state index is 0.0971. The molecule has 0 aliphatic carbocycles. The Kier molecular flexibility index (Phi) is 13.0. The Labute approximate surface area is 170 Å². The van der Waals surface area contributed by atoms with Gasteiger partial charge in [-0.15, -0.1) is 0 Å². The zero-order valence-corrected chi connectivity index (χ0v) is 21.3. The molecule has 5 nitrogen and oxygen atoms in total. The third kappa shape index (κ3) is 8.77. The molecular weight excluding hydrogens is 374 g/mol. The minimum Gasteiger partial charge on any atom is -0.517 e. The first kappa shape index (κ1) is 26.8. The van der Waals surface area contributed by atoms with E-state index in [0.29, 0.717) is 23.2 Å². The molecule has 0 bridgehead atoms. The molecule has 0 aromatic rings. The van der Waals surface area contributed by atoms with E-state index in [0.717, 1.165) is 38.5 Å². The molecule has 0 saturated carbocycles. The van der Waals surface area contributed by atoms with Crippen LogP contribution in [0, 0.1) is 0 Å². The van der Waals surface area contributed by atoms with Crippen molar-refractivity contribution in [3.63, 3.8) is 0 Å². The average Bonchev–Trinajstić information content (AvgIpc) is 2.59. The van der Waals surface area contributed by atoms with E-state index in [2.05, 4.69) is 60.3 Å². The Morgan fingerprint density at radius 2 is 1.56 bits per heavy atom. The van der Waals surface area contributed by atoms with Gasteiger partial charge in [0.05, 0.1) is 6.54 Å². The second-order valence-corrected chi connectivity index (χ2v) is 17.5. The maximum atomic E-state index is 12.4. The third-order valence-corrected chi connectivity index (χ3v) is 14.5. The molecule has 27 heavy (non-hydrogen) atoms. The Bertz CT molecular complexity index is 397. The van der Waals surface area contributed by atoms with Crippen LogP contribution < -0.4 is 5.32 Å². The van der Waals surface area contributed by atoms with Crippen molar-refractivity contribution in [3.05, 3.63) is 0 Å². The van der Waals surface area contributed by atoms with Gasteiger partial charge in [0.25, 0.3) is 8.32 Å². The number of nitrogens with one attached hydrogen (secondary N) is 1. The summed E-state index contributed by atoms with van der Waals surface area (Å²) in [7, 11) is -2.38. The number of rotatable bonds is 15. The van der Waals surface area contributed by atoms with E-state index in [4.69, 9.17) is 13.3 Å². The topological polar surface area (TPSA) is 56.8 Å². The van der Waals surface area contributed by atoms with Crippen molar-refractivity contribution in [2.45, 2.75) is 96.9 Å². The van der Waals surface area contributed by atoms with Crippen LogP contribution in [0.2, 0.25) is 29.2 Å². The molecule has 0 saturated heterocycles. The molecule has 0 rings (SSSR count). The number of carbonyl (C=O) groups is 1. The maximum absolute atomic E-state index is 12.4. The molecule has 0 heterocycles. The first-order chi connectivity index (χ1) is 12.6. The van der Waals surface area contributed by atoms with Gasteiger partial charge >= 0.3 is 14.5 Å². The standard InChI is InChI=1S/C20H45NO4Si2/c1-10-14-24-26(9,23-8)15-12-11-13-21-16-20(22)25-27(17(2)3,18(4)5)19(6)7/h17-19,21H,10-16H2,1-9H3. The highest BCUT2D eigenvalue weighted by molar-refractivity contribution is 6.78. The Morgan fingerprint density at radius 3 is 2.00 bits per heavy atom. The van der Waals surface area contributed by atoms with Crippen molar-refractivity contribution in [1.29, 1.82) is 0 Å². The van der Waals surface area contributed by atoms with Gasteiger partial charge in [-0.25, -0.2) is 0 Å². The van der Waals surface area contributed by atoms with E-state index in [9.17, 15) is 4.79 Å². The van der Waals surface area contributed by atoms with E-state index in [1.54, 1.807) is 7.11 Å². The summed E-state index contributed by atoms with van der Waals surface area (Å²) >= 11 is 0. The molecule has 1 unspecified atom stereocenters. The molecule has 0 aromatic heterocycles. The number of carbonyl (C=O) groups excluding carboxylic acids is 1. The summed E-state index contributed by atoms with van der Waals surface area (Å²) in [6.45, 7) is 19.3. The Balaban J connectivity index is 4.30. The van der Waals surface area contributed by atoms with E-state index < -0.39 is 16.9 Å². The van der Waals surface area contributed by atoms with Crippen molar-refractivity contribution in [1.82, 2.24) is 5.32 Å². The largest absolute Gasteiger partial charge is 0.517 e. The number of unbranched alkanes of at least 4 members (excludes halogenated alkanes) is 1. The van der Waals surface area contributed by atoms with Crippen LogP contribution in [0.3, 0.4) is 0 Å². The van der Waals surface area contributed by atoms with Gasteiger partial charge in [-0.05, 0) is 48.6 Å². The number of hydrogen-bond donors (Lipinski definition) is 1. The van der Waals surface area contributed by atoms with Crippen LogP contribution in [-0.4, -0.2) is 49.7 Å². The van der Waals surface area contributed by atoms with Crippen molar-refractivity contribution < 1.29 is 18.1 Å². The second kappa shape index (κ2) is 13.1. The summed E-state index contributed by atoms with van der Waals surface area (Å²) in [5.74, 6) is -0.0971. The van der Waals surface area contributed by atoms with E-state index in [1.165, 1.54) is 0 Å². The number of hydrogen-bond acceptors (Lipinski definition) is 5. The molecule has 0 aliphatic heterocycles. The molecule has 0 spiro atoms. The van der Waals surface area contributed by atoms with Crippen molar-refractivity contribution in [3.8, 4) is 0 Å². The van der Waals surface area contributed by atoms with Gasteiger partial charge < -0.3 is 18.6 Å². The SMILES string of the molecule is CCCO[Si](C)(CCCCNCC(=O)O[Si](C(C)C)(C(C)C)C(C)C)OC. The van der Waals surface area contributed by atoms with Crippen LogP contribution in [0.1, 0.15) is 67.7 Å². The van der Waals surface area contributed by atoms with Gasteiger partial charge in [-0.3, -0.25) is 4.79 Å². The molecule has 1 N–H and O–H groups in total. The molecular formula is C20H45NO4Si2. The average molecular weight is 420 g/mol. The van der Waals surface area contributed by atoms with Crippen molar-refractivity contribution in [2.75, 3.05) is 26.8 Å². The highest BCUT2D eigenvalue weighted by Gasteiger charge is 2.48. The molecule has 0 aromatic carbocycles. The predicted molar refractivity (Wildman–Crippen MR) is 119 cm³/mol. The van der Waals surface area contributed by atoms with E-state index in [-0.39, 0.29) is 5.97 Å². The quantitative estimate of drug-likeness (QED) is 0.291. The van der Waals surface area contributed by atoms with Crippen LogP contribution >= 0.6 is 0 Å². The van der Waals surface area contributed by atoms with Gasteiger partial charge in [0.15, 0.2) is 0 Å². The van der Waals surface area contributed by atoms with Crippen molar-refractivity contribution in [2.24, 2.45) is 0 Å².